The van der Waals surface area contributed by atoms with Gasteiger partial charge in [-0.3, -0.25) is 0 Å². The normalized spacial score (nSPS) is 17.3. The molecule has 0 spiro atoms. The summed E-state index contributed by atoms with van der Waals surface area (Å²) < 4.78 is 16.1. The molecule has 18 heavy (non-hydrogen) atoms. The van der Waals surface area contributed by atoms with Gasteiger partial charge < -0.3 is 14.2 Å². The monoisotopic (exact) mass is 270 g/mol. The third-order valence-corrected chi connectivity index (χ3v) is 2.81. The lowest BCUT2D eigenvalue weighted by atomic mass is 10.1. The lowest BCUT2D eigenvalue weighted by Crippen LogP contribution is -2.38. The molecule has 1 atom stereocenters. The molecule has 1 aliphatic rings. The molecule has 1 aliphatic heterocycles. The molecule has 1 heterocycles. The van der Waals surface area contributed by atoms with Gasteiger partial charge in [0.2, 0.25) is 6.10 Å². The zero-order valence-electron chi connectivity index (χ0n) is 10.1. The van der Waals surface area contributed by atoms with E-state index in [4.69, 9.17) is 25.8 Å². The van der Waals surface area contributed by atoms with Crippen LogP contribution < -0.4 is 9.47 Å². The van der Waals surface area contributed by atoms with E-state index in [2.05, 4.69) is 0 Å². The Labute approximate surface area is 111 Å². The molecule has 0 bridgehead atoms. The minimum atomic E-state index is -0.691. The second kappa shape index (κ2) is 5.96. The number of hydrogen-bond acceptors (Lipinski definition) is 4. The van der Waals surface area contributed by atoms with E-state index in [0.717, 1.165) is 5.56 Å². The van der Waals surface area contributed by atoms with Gasteiger partial charge in [-0.05, 0) is 25.0 Å². The topological polar surface area (TPSA) is 44.8 Å². The van der Waals surface area contributed by atoms with E-state index in [9.17, 15) is 4.79 Å². The van der Waals surface area contributed by atoms with Gasteiger partial charge in [0.15, 0.2) is 11.5 Å². The molecule has 1 unspecified atom stereocenters. The number of benzene rings is 1. The highest BCUT2D eigenvalue weighted by atomic mass is 35.5. The molecular formula is C13H15ClO4. The van der Waals surface area contributed by atoms with Crippen LogP contribution in [-0.4, -0.2) is 31.2 Å². The van der Waals surface area contributed by atoms with Crippen molar-refractivity contribution >= 4 is 17.6 Å². The van der Waals surface area contributed by atoms with Gasteiger partial charge in [-0.25, -0.2) is 4.79 Å². The van der Waals surface area contributed by atoms with Crippen LogP contribution in [0.4, 0.5) is 0 Å². The molecule has 0 radical (unpaired) electrons. The fourth-order valence-corrected chi connectivity index (χ4v) is 2.02. The van der Waals surface area contributed by atoms with Crippen molar-refractivity contribution in [1.82, 2.24) is 0 Å². The molecule has 0 amide bonds. The van der Waals surface area contributed by atoms with E-state index >= 15 is 0 Å². The summed E-state index contributed by atoms with van der Waals surface area (Å²) in [6.07, 6.45) is 0.0155. The third kappa shape index (κ3) is 2.70. The summed E-state index contributed by atoms with van der Waals surface area (Å²) in [7, 11) is 0. The molecule has 0 saturated heterocycles. The number of carbonyl (C=O) groups excluding carboxylic acids is 1. The second-order valence-electron chi connectivity index (χ2n) is 3.85. The van der Waals surface area contributed by atoms with Crippen molar-refractivity contribution in [3.8, 4) is 11.5 Å². The van der Waals surface area contributed by atoms with Gasteiger partial charge in [-0.15, -0.1) is 11.6 Å². The predicted octanol–water partition coefficient (Wildman–Crippen LogP) is 2.17. The molecule has 0 N–H and O–H groups in total. The van der Waals surface area contributed by atoms with Crippen LogP contribution in [0.3, 0.4) is 0 Å². The number of rotatable bonds is 4. The number of aryl methyl sites for hydroxylation is 1. The Morgan fingerprint density at radius 1 is 1.56 bits per heavy atom. The number of ether oxygens (including phenoxy) is 3. The van der Waals surface area contributed by atoms with Crippen LogP contribution in [0.15, 0.2) is 18.2 Å². The maximum absolute atomic E-state index is 11.6. The van der Waals surface area contributed by atoms with Crippen molar-refractivity contribution in [2.24, 2.45) is 0 Å². The number of fused-ring (bicyclic) bond motifs is 1. The van der Waals surface area contributed by atoms with E-state index in [-0.39, 0.29) is 6.61 Å². The van der Waals surface area contributed by atoms with Gasteiger partial charge in [-0.2, -0.15) is 0 Å². The lowest BCUT2D eigenvalue weighted by Gasteiger charge is -2.26. The summed E-state index contributed by atoms with van der Waals surface area (Å²) >= 11 is 5.73. The molecule has 98 valence electrons. The summed E-state index contributed by atoms with van der Waals surface area (Å²) in [5.74, 6) is 1.37. The maximum Gasteiger partial charge on any atom is 0.350 e. The van der Waals surface area contributed by atoms with Crippen LogP contribution >= 0.6 is 11.6 Å². The van der Waals surface area contributed by atoms with Gasteiger partial charge in [0.1, 0.15) is 6.61 Å². The van der Waals surface area contributed by atoms with Crippen LogP contribution in [0.2, 0.25) is 0 Å². The Kier molecular flexibility index (Phi) is 4.31. The second-order valence-corrected chi connectivity index (χ2v) is 4.23. The Morgan fingerprint density at radius 3 is 3.11 bits per heavy atom. The van der Waals surface area contributed by atoms with Crippen LogP contribution in [0.1, 0.15) is 12.5 Å². The molecule has 4 nitrogen and oxygen atoms in total. The van der Waals surface area contributed by atoms with Crippen molar-refractivity contribution < 1.29 is 19.0 Å². The quantitative estimate of drug-likeness (QED) is 0.621. The molecule has 1 aromatic rings. The van der Waals surface area contributed by atoms with E-state index in [1.54, 1.807) is 13.0 Å². The van der Waals surface area contributed by atoms with E-state index < -0.39 is 12.1 Å². The molecule has 2 rings (SSSR count). The van der Waals surface area contributed by atoms with Gasteiger partial charge in [0, 0.05) is 5.88 Å². The van der Waals surface area contributed by atoms with Crippen LogP contribution in [0.25, 0.3) is 0 Å². The summed E-state index contributed by atoms with van der Waals surface area (Å²) in [6.45, 7) is 2.26. The first-order valence-corrected chi connectivity index (χ1v) is 6.43. The molecule has 0 saturated carbocycles. The molecule has 0 fully saturated rings. The largest absolute Gasteiger partial charge is 0.485 e. The van der Waals surface area contributed by atoms with Crippen molar-refractivity contribution in [2.75, 3.05) is 19.1 Å². The first-order chi connectivity index (χ1) is 8.76. The van der Waals surface area contributed by atoms with Gasteiger partial charge in [0.05, 0.1) is 6.61 Å². The molecule has 1 aromatic carbocycles. The first-order valence-electron chi connectivity index (χ1n) is 5.90. The number of halogens is 1. The fraction of sp³-hybridized carbons (Fsp3) is 0.462. The molecule has 0 aliphatic carbocycles. The Hall–Kier alpha value is -1.42. The van der Waals surface area contributed by atoms with Crippen molar-refractivity contribution in [3.63, 3.8) is 0 Å². The van der Waals surface area contributed by atoms with Crippen molar-refractivity contribution in [1.29, 1.82) is 0 Å². The highest BCUT2D eigenvalue weighted by molar-refractivity contribution is 6.18. The summed E-state index contributed by atoms with van der Waals surface area (Å²) in [4.78, 5) is 11.6. The SMILES string of the molecule is CCOC(=O)C1COc2c(CCCl)cccc2O1. The highest BCUT2D eigenvalue weighted by Crippen LogP contribution is 2.35. The van der Waals surface area contributed by atoms with Crippen LogP contribution in [0, 0.1) is 0 Å². The summed E-state index contributed by atoms with van der Waals surface area (Å²) in [6, 6.07) is 5.57. The summed E-state index contributed by atoms with van der Waals surface area (Å²) in [5, 5.41) is 0. The number of hydrogen-bond donors (Lipinski definition) is 0. The maximum atomic E-state index is 11.6. The number of esters is 1. The molecular weight excluding hydrogens is 256 g/mol. The standard InChI is InChI=1S/C13H15ClO4/c1-2-16-13(15)11-8-17-12-9(6-7-14)4-3-5-10(12)18-11/h3-5,11H,2,6-8H2,1H3. The molecule has 5 heteroatoms. The molecule has 0 aromatic heterocycles. The Balaban J connectivity index is 2.15. The average molecular weight is 271 g/mol. The zero-order valence-corrected chi connectivity index (χ0v) is 10.9. The van der Waals surface area contributed by atoms with Gasteiger partial charge in [-0.1, -0.05) is 12.1 Å². The third-order valence-electron chi connectivity index (χ3n) is 2.62. The van der Waals surface area contributed by atoms with Gasteiger partial charge in [0.25, 0.3) is 0 Å². The van der Waals surface area contributed by atoms with Crippen LogP contribution in [0.5, 0.6) is 11.5 Å². The highest BCUT2D eigenvalue weighted by Gasteiger charge is 2.29. The Bertz CT molecular complexity index is 433. The number of para-hydroxylation sites is 1. The van der Waals surface area contributed by atoms with E-state index in [1.807, 2.05) is 12.1 Å². The number of carbonyl (C=O) groups is 1. The number of alkyl halides is 1. The van der Waals surface area contributed by atoms with Gasteiger partial charge >= 0.3 is 5.97 Å². The lowest BCUT2D eigenvalue weighted by molar-refractivity contribution is -0.153. The van der Waals surface area contributed by atoms with E-state index in [0.29, 0.717) is 30.4 Å². The summed E-state index contributed by atoms with van der Waals surface area (Å²) in [5.41, 5.74) is 0.991. The van der Waals surface area contributed by atoms with Crippen LogP contribution in [-0.2, 0) is 16.0 Å². The van der Waals surface area contributed by atoms with Crippen molar-refractivity contribution in [2.45, 2.75) is 19.4 Å². The smallest absolute Gasteiger partial charge is 0.350 e. The van der Waals surface area contributed by atoms with Crippen molar-refractivity contribution in [3.05, 3.63) is 23.8 Å². The predicted molar refractivity (Wildman–Crippen MR) is 67.4 cm³/mol. The zero-order chi connectivity index (χ0) is 13.0. The first kappa shape index (κ1) is 13.0. The van der Waals surface area contributed by atoms with E-state index in [1.165, 1.54) is 0 Å². The Morgan fingerprint density at radius 2 is 2.39 bits per heavy atom. The fourth-order valence-electron chi connectivity index (χ4n) is 1.81. The minimum absolute atomic E-state index is 0.172. The average Bonchev–Trinajstić information content (AvgIpc) is 2.39. The minimum Gasteiger partial charge on any atom is -0.485 e.